The number of hydrogen-bond donors (Lipinski definition) is 4. The second-order valence-electron chi connectivity index (χ2n) is 5.58. The monoisotopic (exact) mass is 371 g/mol. The largest absolute Gasteiger partial charge is 0.695 e. The van der Waals surface area contributed by atoms with Gasteiger partial charge >= 0.3 is 8.25 Å². The first-order valence-corrected chi connectivity index (χ1v) is 8.46. The third-order valence-corrected chi connectivity index (χ3v) is 4.42. The molecule has 1 aliphatic rings. The summed E-state index contributed by atoms with van der Waals surface area (Å²) < 4.78 is 17.0. The van der Waals surface area contributed by atoms with Gasteiger partial charge in [0, 0.05) is 11.0 Å². The maximum absolute atomic E-state index is 12.6. The number of aliphatic hydroxyl groups excluding tert-OH is 1. The second kappa shape index (κ2) is 6.84. The highest BCUT2D eigenvalue weighted by molar-refractivity contribution is 7.32. The number of fused-ring (bicyclic) bond motifs is 1. The standard InChI is InChI=1S/C12H15N6O6P/c13-12-15-10-9(11(21)16-12)14-5-17(10)3-8(20)18-2-7(24-25(22)23)1-6(18)4-19/h5-7,19H,1-4H2,(H3-,13,15,16,21,22,23)/p+1/t6-,7?/m0/s1. The Labute approximate surface area is 141 Å². The number of aromatic nitrogens is 4. The number of hydrogen-bond acceptors (Lipinski definition) is 8. The summed E-state index contributed by atoms with van der Waals surface area (Å²) in [6.45, 7) is -0.404. The van der Waals surface area contributed by atoms with E-state index in [1.54, 1.807) is 0 Å². The lowest BCUT2D eigenvalue weighted by atomic mass is 10.2. The zero-order valence-electron chi connectivity index (χ0n) is 12.9. The van der Waals surface area contributed by atoms with E-state index in [9.17, 15) is 19.3 Å². The van der Waals surface area contributed by atoms with Gasteiger partial charge in [-0.25, -0.2) is 4.98 Å². The quantitative estimate of drug-likeness (QED) is 0.447. The van der Waals surface area contributed by atoms with Gasteiger partial charge in [0.1, 0.15) is 12.6 Å². The average molecular weight is 371 g/mol. The van der Waals surface area contributed by atoms with E-state index in [1.807, 2.05) is 0 Å². The molecule has 3 heterocycles. The number of nitrogens with zero attached hydrogens (tertiary/aromatic N) is 4. The molecule has 0 spiro atoms. The Morgan fingerprint density at radius 1 is 1.56 bits per heavy atom. The van der Waals surface area contributed by atoms with Crippen LogP contribution in [0.1, 0.15) is 6.42 Å². The summed E-state index contributed by atoms with van der Waals surface area (Å²) in [4.78, 5) is 44.7. The minimum Gasteiger partial charge on any atom is -0.394 e. The Morgan fingerprint density at radius 2 is 2.32 bits per heavy atom. The predicted molar refractivity (Wildman–Crippen MR) is 84.5 cm³/mol. The summed E-state index contributed by atoms with van der Waals surface area (Å²) in [6.07, 6.45) is 0.914. The van der Waals surface area contributed by atoms with Gasteiger partial charge in [0.25, 0.3) is 5.56 Å². The molecule has 3 atom stereocenters. The zero-order chi connectivity index (χ0) is 18.1. The molecule has 0 radical (unpaired) electrons. The third-order valence-electron chi connectivity index (χ3n) is 3.95. The summed E-state index contributed by atoms with van der Waals surface area (Å²) in [5.41, 5.74) is 5.22. The Balaban J connectivity index is 1.80. The number of carbonyl (C=O) groups is 1. The number of aromatic amines is 1. The summed E-state index contributed by atoms with van der Waals surface area (Å²) >= 11 is 0. The molecule has 134 valence electrons. The van der Waals surface area contributed by atoms with Crippen molar-refractivity contribution in [1.29, 1.82) is 0 Å². The van der Waals surface area contributed by atoms with Gasteiger partial charge in [0.05, 0.1) is 25.5 Å². The van der Waals surface area contributed by atoms with Crippen molar-refractivity contribution in [1.82, 2.24) is 24.4 Å². The molecule has 5 N–H and O–H groups in total. The number of imidazole rings is 1. The van der Waals surface area contributed by atoms with Crippen molar-refractivity contribution in [2.45, 2.75) is 25.1 Å². The third kappa shape index (κ3) is 3.51. The Kier molecular flexibility index (Phi) is 4.77. The summed E-state index contributed by atoms with van der Waals surface area (Å²) in [6, 6.07) is -0.524. The fraction of sp³-hybridized carbons (Fsp3) is 0.500. The van der Waals surface area contributed by atoms with Crippen LogP contribution in [-0.4, -0.2) is 65.6 Å². The van der Waals surface area contributed by atoms with Gasteiger partial charge in [-0.1, -0.05) is 0 Å². The Morgan fingerprint density at radius 3 is 3.00 bits per heavy atom. The fourth-order valence-electron chi connectivity index (χ4n) is 2.88. The normalized spacial score (nSPS) is 21.0. The van der Waals surface area contributed by atoms with E-state index in [1.165, 1.54) is 15.8 Å². The van der Waals surface area contributed by atoms with Crippen molar-refractivity contribution in [2.75, 3.05) is 18.9 Å². The van der Waals surface area contributed by atoms with Crippen molar-refractivity contribution in [3.63, 3.8) is 0 Å². The molecule has 0 aromatic carbocycles. The first kappa shape index (κ1) is 17.4. The van der Waals surface area contributed by atoms with E-state index in [0.29, 0.717) is 0 Å². The van der Waals surface area contributed by atoms with Crippen LogP contribution in [0.5, 0.6) is 0 Å². The Bertz CT molecular complexity index is 881. The lowest BCUT2D eigenvalue weighted by Crippen LogP contribution is -2.40. The smallest absolute Gasteiger partial charge is 0.394 e. The van der Waals surface area contributed by atoms with Gasteiger partial charge in [-0.2, -0.15) is 4.98 Å². The molecule has 25 heavy (non-hydrogen) atoms. The molecular weight excluding hydrogens is 355 g/mol. The molecule has 2 aromatic heterocycles. The average Bonchev–Trinajstić information content (AvgIpc) is 3.11. The summed E-state index contributed by atoms with van der Waals surface area (Å²) in [7, 11) is -2.79. The maximum atomic E-state index is 12.6. The molecule has 1 saturated heterocycles. The zero-order valence-corrected chi connectivity index (χ0v) is 13.8. The molecule has 3 rings (SSSR count). The number of H-pyrrole nitrogens is 1. The summed E-state index contributed by atoms with van der Waals surface area (Å²) in [5.74, 6) is -0.473. The topological polar surface area (TPSA) is 177 Å². The van der Waals surface area contributed by atoms with Crippen LogP contribution >= 0.6 is 8.25 Å². The van der Waals surface area contributed by atoms with Crippen LogP contribution in [0, 0.1) is 0 Å². The molecule has 0 saturated carbocycles. The fourth-order valence-corrected chi connectivity index (χ4v) is 3.29. The number of anilines is 1. The minimum absolute atomic E-state index is 0.0561. The van der Waals surface area contributed by atoms with Crippen LogP contribution in [-0.2, 0) is 20.4 Å². The van der Waals surface area contributed by atoms with E-state index >= 15 is 0 Å². The van der Waals surface area contributed by atoms with Crippen LogP contribution < -0.4 is 11.3 Å². The highest BCUT2D eigenvalue weighted by atomic mass is 31.1. The Hall–Kier alpha value is -2.40. The highest BCUT2D eigenvalue weighted by Crippen LogP contribution is 2.28. The number of nitrogens with two attached hydrogens (primary N) is 1. The molecule has 13 heteroatoms. The molecule has 0 bridgehead atoms. The van der Waals surface area contributed by atoms with E-state index in [-0.39, 0.29) is 49.1 Å². The van der Waals surface area contributed by atoms with Crippen molar-refractivity contribution in [3.8, 4) is 0 Å². The molecule has 1 fully saturated rings. The van der Waals surface area contributed by atoms with Crippen LogP contribution in [0.4, 0.5) is 5.95 Å². The minimum atomic E-state index is -2.79. The number of amides is 1. The number of likely N-dealkylation sites (tertiary alicyclic amines) is 1. The highest BCUT2D eigenvalue weighted by Gasteiger charge is 2.39. The van der Waals surface area contributed by atoms with Gasteiger partial charge in [-0.15, -0.1) is 9.42 Å². The van der Waals surface area contributed by atoms with Crippen molar-refractivity contribution >= 4 is 31.3 Å². The lowest BCUT2D eigenvalue weighted by molar-refractivity contribution is -0.133. The van der Waals surface area contributed by atoms with Gasteiger partial charge < -0.3 is 20.3 Å². The van der Waals surface area contributed by atoms with Gasteiger partial charge in [-0.3, -0.25) is 14.6 Å². The van der Waals surface area contributed by atoms with Crippen LogP contribution in [0.2, 0.25) is 0 Å². The van der Waals surface area contributed by atoms with E-state index in [0.717, 1.165) is 0 Å². The predicted octanol–water partition coefficient (Wildman–Crippen LogP) is -1.67. The van der Waals surface area contributed by atoms with Gasteiger partial charge in [0.15, 0.2) is 11.2 Å². The molecular formula is C12H16N6O6P+. The first-order valence-electron chi connectivity index (χ1n) is 7.33. The van der Waals surface area contributed by atoms with Crippen LogP contribution in [0.3, 0.4) is 0 Å². The molecule has 2 unspecified atom stereocenters. The van der Waals surface area contributed by atoms with Crippen LogP contribution in [0.25, 0.3) is 11.2 Å². The van der Waals surface area contributed by atoms with Gasteiger partial charge in [-0.05, 0) is 0 Å². The van der Waals surface area contributed by atoms with Crippen molar-refractivity contribution in [2.24, 2.45) is 0 Å². The molecule has 0 aliphatic carbocycles. The maximum Gasteiger partial charge on any atom is 0.695 e. The van der Waals surface area contributed by atoms with E-state index < -0.39 is 26.0 Å². The number of carbonyl (C=O) groups excluding carboxylic acids is 1. The number of rotatable bonds is 5. The molecule has 12 nitrogen and oxygen atoms in total. The number of aliphatic hydroxyl groups is 1. The molecule has 1 amide bonds. The van der Waals surface area contributed by atoms with E-state index in [2.05, 4.69) is 15.0 Å². The van der Waals surface area contributed by atoms with Gasteiger partial charge in [0.2, 0.25) is 11.9 Å². The van der Waals surface area contributed by atoms with Crippen molar-refractivity contribution < 1.29 is 23.9 Å². The first-order chi connectivity index (χ1) is 11.9. The van der Waals surface area contributed by atoms with Crippen LogP contribution in [0.15, 0.2) is 11.1 Å². The number of nitrogen functional groups attached to an aromatic ring is 1. The second-order valence-corrected chi connectivity index (χ2v) is 6.27. The SMILES string of the molecule is Nc1nc2c(ncn2CC(=O)N2CC(O[P+](=O)O)C[C@H]2CO)c(=O)[nH]1. The van der Waals surface area contributed by atoms with Crippen molar-refractivity contribution in [3.05, 3.63) is 16.7 Å². The number of nitrogens with one attached hydrogen (secondary N) is 1. The van der Waals surface area contributed by atoms with E-state index in [4.69, 9.17) is 15.2 Å². The molecule has 1 aliphatic heterocycles. The summed E-state index contributed by atoms with van der Waals surface area (Å²) in [5, 5.41) is 9.43. The molecule has 2 aromatic rings. The lowest BCUT2D eigenvalue weighted by Gasteiger charge is -2.22.